The molecule has 0 saturated carbocycles. The summed E-state index contributed by atoms with van der Waals surface area (Å²) in [7, 11) is 2.09. The molecule has 1 fully saturated rings. The van der Waals surface area contributed by atoms with Crippen molar-refractivity contribution in [2.24, 2.45) is 17.3 Å². The smallest absolute Gasteiger partial charge is 0.310 e. The van der Waals surface area contributed by atoms with Crippen molar-refractivity contribution in [1.82, 2.24) is 4.90 Å². The Bertz CT molecular complexity index is 245. The number of ether oxygens (including phenoxy) is 1. The highest BCUT2D eigenvalue weighted by molar-refractivity contribution is 5.72. The maximum Gasteiger partial charge on any atom is 0.310 e. The van der Waals surface area contributed by atoms with Crippen molar-refractivity contribution in [3.63, 3.8) is 0 Å². The van der Waals surface area contributed by atoms with Gasteiger partial charge in [-0.3, -0.25) is 4.79 Å². The number of hydrogen-bond donors (Lipinski definition) is 0. The van der Waals surface area contributed by atoms with Crippen LogP contribution in [-0.4, -0.2) is 37.6 Å². The molecule has 0 amide bonds. The maximum absolute atomic E-state index is 11.8. The fourth-order valence-electron chi connectivity index (χ4n) is 2.38. The van der Waals surface area contributed by atoms with E-state index < -0.39 is 0 Å². The molecule has 0 aliphatic carbocycles. The Hall–Kier alpha value is -0.570. The summed E-state index contributed by atoms with van der Waals surface area (Å²) >= 11 is 0. The first-order valence-electron chi connectivity index (χ1n) is 6.19. The van der Waals surface area contributed by atoms with Gasteiger partial charge in [0.15, 0.2) is 0 Å². The Labute approximate surface area is 99.1 Å². The molecule has 3 nitrogen and oxygen atoms in total. The minimum Gasteiger partial charge on any atom is -0.466 e. The Morgan fingerprint density at radius 1 is 1.38 bits per heavy atom. The Morgan fingerprint density at radius 2 is 2.00 bits per heavy atom. The van der Waals surface area contributed by atoms with Crippen LogP contribution in [0.3, 0.4) is 0 Å². The minimum absolute atomic E-state index is 0.0247. The molecule has 16 heavy (non-hydrogen) atoms. The summed E-state index contributed by atoms with van der Waals surface area (Å²) in [4.78, 5) is 14.0. The summed E-state index contributed by atoms with van der Waals surface area (Å²) in [5.41, 5.74) is 0.263. The standard InChI is InChI=1S/C13H25NO2/c1-6-16-12(15)10-7-11(13(2,3)4)9-14(5)8-10/h10-11H,6-9H2,1-5H3/t10-,11-/m1/s1. The van der Waals surface area contributed by atoms with Gasteiger partial charge in [-0.05, 0) is 31.7 Å². The van der Waals surface area contributed by atoms with E-state index in [0.717, 1.165) is 19.5 Å². The number of nitrogens with zero attached hydrogens (tertiary/aromatic N) is 1. The van der Waals surface area contributed by atoms with Gasteiger partial charge in [-0.25, -0.2) is 0 Å². The van der Waals surface area contributed by atoms with Crippen LogP contribution in [0.25, 0.3) is 0 Å². The molecular formula is C13H25NO2. The molecule has 0 unspecified atom stereocenters. The first-order valence-corrected chi connectivity index (χ1v) is 6.19. The van der Waals surface area contributed by atoms with Crippen LogP contribution in [0.4, 0.5) is 0 Å². The molecule has 1 saturated heterocycles. The molecule has 0 aromatic rings. The van der Waals surface area contributed by atoms with Gasteiger partial charge >= 0.3 is 5.97 Å². The third-order valence-corrected chi connectivity index (χ3v) is 3.48. The molecule has 1 aliphatic rings. The molecule has 0 spiro atoms. The third kappa shape index (κ3) is 3.48. The van der Waals surface area contributed by atoms with Gasteiger partial charge in [-0.1, -0.05) is 20.8 Å². The van der Waals surface area contributed by atoms with E-state index in [4.69, 9.17) is 4.74 Å². The lowest BCUT2D eigenvalue weighted by atomic mass is 9.73. The normalized spacial score (nSPS) is 27.8. The van der Waals surface area contributed by atoms with E-state index in [1.54, 1.807) is 0 Å². The van der Waals surface area contributed by atoms with E-state index in [2.05, 4.69) is 32.7 Å². The quantitative estimate of drug-likeness (QED) is 0.677. The molecule has 2 atom stereocenters. The molecular weight excluding hydrogens is 202 g/mol. The van der Waals surface area contributed by atoms with Crippen molar-refractivity contribution in [2.75, 3.05) is 26.7 Å². The Kier molecular flexibility index (Phi) is 4.36. The first kappa shape index (κ1) is 13.5. The topological polar surface area (TPSA) is 29.5 Å². The number of piperidine rings is 1. The monoisotopic (exact) mass is 227 g/mol. The van der Waals surface area contributed by atoms with E-state index in [-0.39, 0.29) is 17.3 Å². The second-order valence-electron chi connectivity index (χ2n) is 5.97. The number of carbonyl (C=O) groups excluding carboxylic acids is 1. The van der Waals surface area contributed by atoms with Crippen LogP contribution in [0.15, 0.2) is 0 Å². The van der Waals surface area contributed by atoms with Crippen LogP contribution in [0, 0.1) is 17.3 Å². The van der Waals surface area contributed by atoms with Gasteiger partial charge in [0.1, 0.15) is 0 Å². The Morgan fingerprint density at radius 3 is 2.50 bits per heavy atom. The molecule has 1 rings (SSSR count). The van der Waals surface area contributed by atoms with Crippen LogP contribution in [0.2, 0.25) is 0 Å². The van der Waals surface area contributed by atoms with Gasteiger partial charge in [0, 0.05) is 13.1 Å². The SMILES string of the molecule is CCOC(=O)[C@@H]1C[C@@H](C(C)(C)C)CN(C)C1. The number of rotatable bonds is 2. The molecule has 1 aliphatic heterocycles. The van der Waals surface area contributed by atoms with Crippen molar-refractivity contribution in [2.45, 2.75) is 34.1 Å². The van der Waals surface area contributed by atoms with Crippen molar-refractivity contribution in [3.05, 3.63) is 0 Å². The highest BCUT2D eigenvalue weighted by Gasteiger charge is 2.36. The molecule has 0 aromatic heterocycles. The highest BCUT2D eigenvalue weighted by Crippen LogP contribution is 2.35. The number of likely N-dealkylation sites (tertiary alicyclic amines) is 1. The fraction of sp³-hybridized carbons (Fsp3) is 0.923. The van der Waals surface area contributed by atoms with E-state index in [0.29, 0.717) is 12.5 Å². The molecule has 0 bridgehead atoms. The van der Waals surface area contributed by atoms with Gasteiger partial charge in [0.25, 0.3) is 0 Å². The molecule has 3 heteroatoms. The number of carbonyl (C=O) groups is 1. The second-order valence-corrected chi connectivity index (χ2v) is 5.97. The van der Waals surface area contributed by atoms with Crippen molar-refractivity contribution in [1.29, 1.82) is 0 Å². The van der Waals surface area contributed by atoms with E-state index in [9.17, 15) is 4.79 Å². The lowest BCUT2D eigenvalue weighted by molar-refractivity contribution is -0.151. The molecule has 0 N–H and O–H groups in total. The molecule has 1 heterocycles. The van der Waals surface area contributed by atoms with Crippen LogP contribution in [0.5, 0.6) is 0 Å². The van der Waals surface area contributed by atoms with Gasteiger partial charge in [0.05, 0.1) is 12.5 Å². The van der Waals surface area contributed by atoms with E-state index in [1.807, 2.05) is 6.92 Å². The van der Waals surface area contributed by atoms with Crippen LogP contribution < -0.4 is 0 Å². The summed E-state index contributed by atoms with van der Waals surface area (Å²) in [5, 5.41) is 0. The van der Waals surface area contributed by atoms with Crippen LogP contribution in [0.1, 0.15) is 34.1 Å². The first-order chi connectivity index (χ1) is 7.34. The van der Waals surface area contributed by atoms with Crippen molar-refractivity contribution < 1.29 is 9.53 Å². The lowest BCUT2D eigenvalue weighted by Crippen LogP contribution is -2.45. The van der Waals surface area contributed by atoms with E-state index in [1.165, 1.54) is 0 Å². The molecule has 0 aromatic carbocycles. The summed E-state index contributed by atoms with van der Waals surface area (Å²) in [6.07, 6.45) is 0.965. The summed E-state index contributed by atoms with van der Waals surface area (Å²) in [6, 6.07) is 0. The lowest BCUT2D eigenvalue weighted by Gasteiger charge is -2.41. The zero-order valence-corrected chi connectivity index (χ0v) is 11.2. The largest absolute Gasteiger partial charge is 0.466 e. The van der Waals surface area contributed by atoms with Crippen molar-refractivity contribution >= 4 is 5.97 Å². The van der Waals surface area contributed by atoms with Crippen molar-refractivity contribution in [3.8, 4) is 0 Å². The molecule has 0 radical (unpaired) electrons. The number of hydrogen-bond acceptors (Lipinski definition) is 3. The van der Waals surface area contributed by atoms with Crippen LogP contribution in [-0.2, 0) is 9.53 Å². The van der Waals surface area contributed by atoms with Gasteiger partial charge in [-0.2, -0.15) is 0 Å². The molecule has 94 valence electrons. The zero-order chi connectivity index (χ0) is 12.3. The van der Waals surface area contributed by atoms with Gasteiger partial charge < -0.3 is 9.64 Å². The van der Waals surface area contributed by atoms with Gasteiger partial charge in [0.2, 0.25) is 0 Å². The maximum atomic E-state index is 11.8. The third-order valence-electron chi connectivity index (χ3n) is 3.48. The second kappa shape index (κ2) is 5.17. The van der Waals surface area contributed by atoms with Crippen LogP contribution >= 0.6 is 0 Å². The average Bonchev–Trinajstić information content (AvgIpc) is 2.16. The van der Waals surface area contributed by atoms with E-state index >= 15 is 0 Å². The summed E-state index contributed by atoms with van der Waals surface area (Å²) in [5.74, 6) is 0.604. The minimum atomic E-state index is -0.0247. The zero-order valence-electron chi connectivity index (χ0n) is 11.2. The average molecular weight is 227 g/mol. The fourth-order valence-corrected chi connectivity index (χ4v) is 2.38. The summed E-state index contributed by atoms with van der Waals surface area (Å²) < 4.78 is 5.13. The Balaban J connectivity index is 2.64. The number of esters is 1. The predicted molar refractivity (Wildman–Crippen MR) is 65.2 cm³/mol. The summed E-state index contributed by atoms with van der Waals surface area (Å²) in [6.45, 7) is 11.0. The highest BCUT2D eigenvalue weighted by atomic mass is 16.5. The predicted octanol–water partition coefficient (Wildman–Crippen LogP) is 2.16. The van der Waals surface area contributed by atoms with Gasteiger partial charge in [-0.15, -0.1) is 0 Å².